The number of amides is 1. The number of benzene rings is 1. The van der Waals surface area contributed by atoms with Gasteiger partial charge in [-0.3, -0.25) is 4.79 Å². The van der Waals surface area contributed by atoms with Gasteiger partial charge in [0.1, 0.15) is 5.75 Å². The van der Waals surface area contributed by atoms with Gasteiger partial charge in [-0.2, -0.15) is 0 Å². The summed E-state index contributed by atoms with van der Waals surface area (Å²) < 4.78 is 0. The Morgan fingerprint density at radius 3 is 2.95 bits per heavy atom. The smallest absolute Gasteiger partial charge is 0.231 e. The van der Waals surface area contributed by atoms with Crippen molar-refractivity contribution in [3.63, 3.8) is 0 Å². The molecule has 0 bridgehead atoms. The number of phenols is 1. The maximum Gasteiger partial charge on any atom is 0.231 e. The molecule has 1 atom stereocenters. The maximum absolute atomic E-state index is 12.5. The number of carbonyl (C=O) groups is 1. The number of aromatic hydroxyl groups is 1. The number of hydrogen-bond acceptors (Lipinski definition) is 3. The Balaban J connectivity index is 2.17. The van der Waals surface area contributed by atoms with Crippen molar-refractivity contribution in [2.45, 2.75) is 33.1 Å². The third kappa shape index (κ3) is 2.73. The fraction of sp³-hybridized carbons (Fsp3) is 0.533. The summed E-state index contributed by atoms with van der Waals surface area (Å²) in [7, 11) is 0. The molecular weight excluding hydrogens is 240 g/mol. The van der Waals surface area contributed by atoms with E-state index < -0.39 is 0 Å². The van der Waals surface area contributed by atoms with Gasteiger partial charge in [-0.15, -0.1) is 0 Å². The molecule has 0 spiro atoms. The lowest BCUT2D eigenvalue weighted by atomic mass is 9.77. The van der Waals surface area contributed by atoms with Crippen molar-refractivity contribution in [2.24, 2.45) is 5.41 Å². The van der Waals surface area contributed by atoms with E-state index in [0.717, 1.165) is 31.4 Å². The number of anilines is 1. The number of para-hydroxylation sites is 1. The fourth-order valence-corrected chi connectivity index (χ4v) is 2.64. The maximum atomic E-state index is 12.5. The molecule has 104 valence electrons. The largest absolute Gasteiger partial charge is 0.505 e. The highest BCUT2D eigenvalue weighted by Crippen LogP contribution is 2.33. The van der Waals surface area contributed by atoms with E-state index in [0.29, 0.717) is 12.2 Å². The van der Waals surface area contributed by atoms with Crippen LogP contribution in [0.15, 0.2) is 18.2 Å². The number of rotatable bonds is 3. The Labute approximate surface area is 114 Å². The summed E-state index contributed by atoms with van der Waals surface area (Å²) >= 11 is 0. The van der Waals surface area contributed by atoms with Crippen LogP contribution in [0.4, 0.5) is 5.69 Å². The number of phenolic OH excluding ortho intramolecular Hbond substituents is 1. The molecule has 1 aliphatic rings. The first-order valence-corrected chi connectivity index (χ1v) is 6.90. The van der Waals surface area contributed by atoms with Gasteiger partial charge in [-0.25, -0.2) is 0 Å². The van der Waals surface area contributed by atoms with Crippen LogP contribution in [-0.4, -0.2) is 24.1 Å². The summed E-state index contributed by atoms with van der Waals surface area (Å²) in [5.41, 5.74) is 0.919. The van der Waals surface area contributed by atoms with Gasteiger partial charge in [-0.1, -0.05) is 19.1 Å². The molecule has 3 N–H and O–H groups in total. The second-order valence-electron chi connectivity index (χ2n) is 5.34. The van der Waals surface area contributed by atoms with Crippen LogP contribution in [0.5, 0.6) is 5.75 Å². The van der Waals surface area contributed by atoms with E-state index in [-0.39, 0.29) is 17.1 Å². The second kappa shape index (κ2) is 5.61. The average molecular weight is 262 g/mol. The van der Waals surface area contributed by atoms with Crippen molar-refractivity contribution in [1.29, 1.82) is 0 Å². The normalized spacial score (nSPS) is 23.1. The van der Waals surface area contributed by atoms with Gasteiger partial charge in [0.05, 0.1) is 11.1 Å². The molecule has 0 radical (unpaired) electrons. The van der Waals surface area contributed by atoms with E-state index in [1.165, 1.54) is 0 Å². The van der Waals surface area contributed by atoms with Crippen LogP contribution in [0.1, 0.15) is 31.7 Å². The Morgan fingerprint density at radius 1 is 1.53 bits per heavy atom. The van der Waals surface area contributed by atoms with Gasteiger partial charge in [0.15, 0.2) is 0 Å². The molecule has 4 heteroatoms. The van der Waals surface area contributed by atoms with Crippen LogP contribution >= 0.6 is 0 Å². The molecule has 1 saturated heterocycles. The molecule has 19 heavy (non-hydrogen) atoms. The SMILES string of the molecule is CCC1(C(=O)Nc2cccc(C)c2O)CCCNC1. The minimum Gasteiger partial charge on any atom is -0.505 e. The molecular formula is C15H22N2O2. The molecule has 1 aromatic rings. The van der Waals surface area contributed by atoms with Crippen molar-refractivity contribution in [3.05, 3.63) is 23.8 Å². The quantitative estimate of drug-likeness (QED) is 0.733. The summed E-state index contributed by atoms with van der Waals surface area (Å²) in [5, 5.41) is 16.2. The summed E-state index contributed by atoms with van der Waals surface area (Å²) in [4.78, 5) is 12.5. The lowest BCUT2D eigenvalue weighted by molar-refractivity contribution is -0.126. The van der Waals surface area contributed by atoms with Crippen LogP contribution in [0.2, 0.25) is 0 Å². The molecule has 4 nitrogen and oxygen atoms in total. The number of carbonyl (C=O) groups excluding carboxylic acids is 1. The molecule has 1 aliphatic heterocycles. The van der Waals surface area contributed by atoms with E-state index in [1.807, 2.05) is 26.0 Å². The molecule has 2 rings (SSSR count). The molecule has 1 amide bonds. The molecule has 1 fully saturated rings. The highest BCUT2D eigenvalue weighted by atomic mass is 16.3. The second-order valence-corrected chi connectivity index (χ2v) is 5.34. The summed E-state index contributed by atoms with van der Waals surface area (Å²) in [6, 6.07) is 5.39. The molecule has 0 aromatic heterocycles. The van der Waals surface area contributed by atoms with E-state index in [2.05, 4.69) is 10.6 Å². The summed E-state index contributed by atoms with van der Waals surface area (Å²) in [6.45, 7) is 5.55. The van der Waals surface area contributed by atoms with E-state index >= 15 is 0 Å². The van der Waals surface area contributed by atoms with Crippen molar-refractivity contribution >= 4 is 11.6 Å². The fourth-order valence-electron chi connectivity index (χ4n) is 2.64. The standard InChI is InChI=1S/C15H22N2O2/c1-3-15(8-5-9-16-10-15)14(19)17-12-7-4-6-11(2)13(12)18/h4,6-7,16,18H,3,5,8-10H2,1-2H3,(H,17,19). The van der Waals surface area contributed by atoms with E-state index in [1.54, 1.807) is 6.07 Å². The Hall–Kier alpha value is -1.55. The minimum absolute atomic E-state index is 0.00287. The highest BCUT2D eigenvalue weighted by molar-refractivity contribution is 5.96. The number of hydrogen-bond donors (Lipinski definition) is 3. The average Bonchev–Trinajstić information content (AvgIpc) is 2.44. The van der Waals surface area contributed by atoms with Crippen LogP contribution in [0.3, 0.4) is 0 Å². The number of aryl methyl sites for hydroxylation is 1. The monoisotopic (exact) mass is 262 g/mol. The first-order chi connectivity index (χ1) is 9.09. The summed E-state index contributed by atoms with van der Waals surface area (Å²) in [6.07, 6.45) is 2.72. The molecule has 1 unspecified atom stereocenters. The zero-order valence-corrected chi connectivity index (χ0v) is 11.6. The molecule has 1 heterocycles. The van der Waals surface area contributed by atoms with Gasteiger partial charge in [0.25, 0.3) is 0 Å². The Morgan fingerprint density at radius 2 is 2.32 bits per heavy atom. The van der Waals surface area contributed by atoms with Crippen molar-refractivity contribution in [2.75, 3.05) is 18.4 Å². The third-order valence-electron chi connectivity index (χ3n) is 4.12. The lowest BCUT2D eigenvalue weighted by Crippen LogP contribution is -2.47. The number of nitrogens with one attached hydrogen (secondary N) is 2. The van der Waals surface area contributed by atoms with Gasteiger partial charge < -0.3 is 15.7 Å². The lowest BCUT2D eigenvalue weighted by Gasteiger charge is -2.35. The Bertz CT molecular complexity index is 465. The zero-order valence-electron chi connectivity index (χ0n) is 11.6. The van der Waals surface area contributed by atoms with E-state index in [9.17, 15) is 9.90 Å². The van der Waals surface area contributed by atoms with E-state index in [4.69, 9.17) is 0 Å². The third-order valence-corrected chi connectivity index (χ3v) is 4.12. The molecule has 0 saturated carbocycles. The van der Waals surface area contributed by atoms with Crippen LogP contribution in [0, 0.1) is 12.3 Å². The minimum atomic E-state index is -0.353. The predicted octanol–water partition coefficient (Wildman–Crippen LogP) is 2.42. The van der Waals surface area contributed by atoms with Gasteiger partial charge in [0.2, 0.25) is 5.91 Å². The molecule has 1 aromatic carbocycles. The van der Waals surface area contributed by atoms with Crippen molar-refractivity contribution < 1.29 is 9.90 Å². The molecule has 0 aliphatic carbocycles. The zero-order chi connectivity index (χ0) is 13.9. The van der Waals surface area contributed by atoms with Gasteiger partial charge in [-0.05, 0) is 44.4 Å². The predicted molar refractivity (Wildman–Crippen MR) is 76.3 cm³/mol. The van der Waals surface area contributed by atoms with Crippen LogP contribution in [0.25, 0.3) is 0 Å². The topological polar surface area (TPSA) is 61.4 Å². The Kier molecular flexibility index (Phi) is 4.10. The van der Waals surface area contributed by atoms with Gasteiger partial charge in [0, 0.05) is 6.54 Å². The highest BCUT2D eigenvalue weighted by Gasteiger charge is 2.38. The first-order valence-electron chi connectivity index (χ1n) is 6.90. The van der Waals surface area contributed by atoms with Crippen molar-refractivity contribution in [3.8, 4) is 5.75 Å². The van der Waals surface area contributed by atoms with Crippen molar-refractivity contribution in [1.82, 2.24) is 5.32 Å². The van der Waals surface area contributed by atoms with Gasteiger partial charge >= 0.3 is 0 Å². The van der Waals surface area contributed by atoms with Crippen LogP contribution in [-0.2, 0) is 4.79 Å². The number of piperidine rings is 1. The first kappa shape index (κ1) is 13.9. The van der Waals surface area contributed by atoms with Crippen LogP contribution < -0.4 is 10.6 Å². The summed E-state index contributed by atoms with van der Waals surface area (Å²) in [5.74, 6) is 0.161.